The molecule has 134 valence electrons. The Balaban J connectivity index is 1.47. The third-order valence-electron chi connectivity index (χ3n) is 5.07. The molecule has 4 nitrogen and oxygen atoms in total. The summed E-state index contributed by atoms with van der Waals surface area (Å²) >= 11 is 0. The highest BCUT2D eigenvalue weighted by Crippen LogP contribution is 2.25. The number of nitrogens with one attached hydrogen (secondary N) is 2. The van der Waals surface area contributed by atoms with Crippen LogP contribution in [0.25, 0.3) is 0 Å². The van der Waals surface area contributed by atoms with E-state index in [1.54, 1.807) is 0 Å². The van der Waals surface area contributed by atoms with Crippen molar-refractivity contribution < 1.29 is 0 Å². The maximum atomic E-state index is 4.56. The van der Waals surface area contributed by atoms with Gasteiger partial charge in [0.25, 0.3) is 0 Å². The van der Waals surface area contributed by atoms with Crippen LogP contribution in [0.3, 0.4) is 0 Å². The zero-order chi connectivity index (χ0) is 17.6. The molecule has 3 rings (SSSR count). The largest absolute Gasteiger partial charge is 0.377 e. The summed E-state index contributed by atoms with van der Waals surface area (Å²) in [6.45, 7) is 3.07. The molecular formula is C21H30N4. The molecule has 4 heteroatoms. The van der Waals surface area contributed by atoms with Crippen molar-refractivity contribution in [1.82, 2.24) is 10.3 Å². The Hall–Kier alpha value is -2.07. The van der Waals surface area contributed by atoms with Crippen LogP contribution in [-0.2, 0) is 6.54 Å². The van der Waals surface area contributed by atoms with E-state index in [9.17, 15) is 0 Å². The second-order valence-electron chi connectivity index (χ2n) is 7.31. The monoisotopic (exact) mass is 338 g/mol. The van der Waals surface area contributed by atoms with E-state index in [0.29, 0.717) is 12.1 Å². The number of benzene rings is 1. The molecule has 1 aliphatic rings. The topological polar surface area (TPSA) is 40.2 Å². The van der Waals surface area contributed by atoms with Crippen molar-refractivity contribution in [2.24, 2.45) is 0 Å². The number of anilines is 2. The van der Waals surface area contributed by atoms with E-state index in [1.807, 2.05) is 6.20 Å². The molecule has 0 spiro atoms. The summed E-state index contributed by atoms with van der Waals surface area (Å²) in [7, 11) is 4.16. The maximum Gasteiger partial charge on any atom is 0.128 e. The summed E-state index contributed by atoms with van der Waals surface area (Å²) in [5, 5.41) is 7.34. The summed E-state index contributed by atoms with van der Waals surface area (Å²) < 4.78 is 0. The number of pyridine rings is 1. The Morgan fingerprint density at radius 1 is 1.04 bits per heavy atom. The zero-order valence-electron chi connectivity index (χ0n) is 15.6. The van der Waals surface area contributed by atoms with Crippen LogP contribution < -0.4 is 15.5 Å². The van der Waals surface area contributed by atoms with Gasteiger partial charge in [-0.05, 0) is 43.7 Å². The van der Waals surface area contributed by atoms with E-state index in [2.05, 4.69) is 77.9 Å². The van der Waals surface area contributed by atoms with Crippen LogP contribution in [0.4, 0.5) is 11.5 Å². The van der Waals surface area contributed by atoms with Crippen LogP contribution in [0, 0.1) is 6.92 Å². The molecule has 0 bridgehead atoms. The Morgan fingerprint density at radius 2 is 1.72 bits per heavy atom. The predicted octanol–water partition coefficient (Wildman–Crippen LogP) is 3.97. The first-order chi connectivity index (χ1) is 12.1. The fourth-order valence-electron chi connectivity index (χ4n) is 3.58. The minimum Gasteiger partial charge on any atom is -0.377 e. The molecule has 25 heavy (non-hydrogen) atoms. The van der Waals surface area contributed by atoms with Crippen LogP contribution in [0.1, 0.15) is 36.8 Å². The van der Waals surface area contributed by atoms with Gasteiger partial charge in [0.2, 0.25) is 0 Å². The van der Waals surface area contributed by atoms with Crippen molar-refractivity contribution in [3.63, 3.8) is 0 Å². The van der Waals surface area contributed by atoms with Gasteiger partial charge in [0.15, 0.2) is 0 Å². The smallest absolute Gasteiger partial charge is 0.128 e. The summed E-state index contributed by atoms with van der Waals surface area (Å²) in [4.78, 5) is 6.70. The lowest BCUT2D eigenvalue weighted by atomic mass is 9.91. The van der Waals surface area contributed by atoms with Gasteiger partial charge in [0.05, 0.1) is 0 Å². The minimum absolute atomic E-state index is 0.528. The quantitative estimate of drug-likeness (QED) is 0.836. The summed E-state index contributed by atoms with van der Waals surface area (Å²) in [5.41, 5.74) is 3.81. The maximum absolute atomic E-state index is 4.56. The Labute approximate surface area is 151 Å². The molecule has 1 heterocycles. The third kappa shape index (κ3) is 4.95. The van der Waals surface area contributed by atoms with Crippen molar-refractivity contribution in [2.75, 3.05) is 24.3 Å². The highest BCUT2D eigenvalue weighted by Gasteiger charge is 2.21. The molecule has 0 radical (unpaired) electrons. The molecule has 1 saturated carbocycles. The van der Waals surface area contributed by atoms with Gasteiger partial charge >= 0.3 is 0 Å². The second kappa shape index (κ2) is 8.34. The standard InChI is InChI=1S/C21H30N4/c1-16-14-23-21(13-20(16)25(2)3)24-19-11-9-18(10-12-19)22-15-17-7-5-4-6-8-17/h4-8,13-14,18-19,22H,9-12,15H2,1-3H3,(H,23,24). The van der Waals surface area contributed by atoms with Crippen molar-refractivity contribution in [3.8, 4) is 0 Å². The third-order valence-corrected chi connectivity index (χ3v) is 5.07. The number of hydrogen-bond donors (Lipinski definition) is 2. The lowest BCUT2D eigenvalue weighted by molar-refractivity contribution is 0.352. The van der Waals surface area contributed by atoms with Crippen molar-refractivity contribution in [1.29, 1.82) is 0 Å². The Kier molecular flexibility index (Phi) is 5.92. The lowest BCUT2D eigenvalue weighted by Crippen LogP contribution is -2.36. The minimum atomic E-state index is 0.528. The van der Waals surface area contributed by atoms with Gasteiger partial charge in [-0.1, -0.05) is 30.3 Å². The van der Waals surface area contributed by atoms with Gasteiger partial charge in [0.1, 0.15) is 5.82 Å². The normalized spacial score (nSPS) is 20.3. The SMILES string of the molecule is Cc1cnc(NC2CCC(NCc3ccccc3)CC2)cc1N(C)C. The van der Waals surface area contributed by atoms with Gasteiger partial charge < -0.3 is 15.5 Å². The van der Waals surface area contributed by atoms with Crippen LogP contribution in [0.2, 0.25) is 0 Å². The molecular weight excluding hydrogens is 308 g/mol. The highest BCUT2D eigenvalue weighted by atomic mass is 15.1. The molecule has 1 aliphatic carbocycles. The van der Waals surface area contributed by atoms with Crippen LogP contribution in [-0.4, -0.2) is 31.2 Å². The number of nitrogens with zero attached hydrogens (tertiary/aromatic N) is 2. The molecule has 1 aromatic heterocycles. The van der Waals surface area contributed by atoms with E-state index in [-0.39, 0.29) is 0 Å². The van der Waals surface area contributed by atoms with Crippen LogP contribution in [0.15, 0.2) is 42.6 Å². The molecule has 0 saturated heterocycles. The molecule has 2 aromatic rings. The first-order valence-electron chi connectivity index (χ1n) is 9.29. The molecule has 0 aliphatic heterocycles. The summed E-state index contributed by atoms with van der Waals surface area (Å²) in [6.07, 6.45) is 6.79. The van der Waals surface area contributed by atoms with Crippen LogP contribution >= 0.6 is 0 Å². The van der Waals surface area contributed by atoms with E-state index in [0.717, 1.165) is 12.4 Å². The number of rotatable bonds is 6. The fourth-order valence-corrected chi connectivity index (χ4v) is 3.58. The van der Waals surface area contributed by atoms with Gasteiger partial charge in [-0.2, -0.15) is 0 Å². The van der Waals surface area contributed by atoms with E-state index >= 15 is 0 Å². The highest BCUT2D eigenvalue weighted by molar-refractivity contribution is 5.58. The second-order valence-corrected chi connectivity index (χ2v) is 7.31. The fraction of sp³-hybridized carbons (Fsp3) is 0.476. The number of aryl methyl sites for hydroxylation is 1. The van der Waals surface area contributed by atoms with Crippen molar-refractivity contribution in [3.05, 3.63) is 53.7 Å². The van der Waals surface area contributed by atoms with Gasteiger partial charge in [0, 0.05) is 50.7 Å². The first kappa shape index (κ1) is 17.7. The Bertz CT molecular complexity index is 661. The first-order valence-corrected chi connectivity index (χ1v) is 9.29. The van der Waals surface area contributed by atoms with E-state index in [4.69, 9.17) is 0 Å². The summed E-state index contributed by atoms with van der Waals surface area (Å²) in [5.74, 6) is 0.995. The molecule has 0 atom stereocenters. The van der Waals surface area contributed by atoms with E-state index in [1.165, 1.54) is 42.5 Å². The molecule has 2 N–H and O–H groups in total. The van der Waals surface area contributed by atoms with Gasteiger partial charge in [-0.3, -0.25) is 0 Å². The summed E-state index contributed by atoms with van der Waals surface area (Å²) in [6, 6.07) is 14.0. The van der Waals surface area contributed by atoms with Gasteiger partial charge in [-0.25, -0.2) is 4.98 Å². The number of hydrogen-bond acceptors (Lipinski definition) is 4. The molecule has 1 fully saturated rings. The Morgan fingerprint density at radius 3 is 2.40 bits per heavy atom. The van der Waals surface area contributed by atoms with Gasteiger partial charge in [-0.15, -0.1) is 0 Å². The van der Waals surface area contributed by atoms with Crippen molar-refractivity contribution in [2.45, 2.75) is 51.2 Å². The lowest BCUT2D eigenvalue weighted by Gasteiger charge is -2.30. The molecule has 0 amide bonds. The predicted molar refractivity (Wildman–Crippen MR) is 106 cm³/mol. The average molecular weight is 338 g/mol. The van der Waals surface area contributed by atoms with Crippen molar-refractivity contribution >= 4 is 11.5 Å². The molecule has 1 aromatic carbocycles. The number of aromatic nitrogens is 1. The molecule has 0 unspecified atom stereocenters. The van der Waals surface area contributed by atoms with Crippen LogP contribution in [0.5, 0.6) is 0 Å². The average Bonchev–Trinajstić information content (AvgIpc) is 2.63. The van der Waals surface area contributed by atoms with E-state index < -0.39 is 0 Å². The zero-order valence-corrected chi connectivity index (χ0v) is 15.6.